The summed E-state index contributed by atoms with van der Waals surface area (Å²) in [4.78, 5) is 26.0. The topological polar surface area (TPSA) is 72.6 Å². The Labute approximate surface area is 142 Å². The van der Waals surface area contributed by atoms with Crippen LogP contribution in [0.1, 0.15) is 35.4 Å². The first-order chi connectivity index (χ1) is 11.5. The molecule has 2 N–H and O–H groups in total. The molecule has 1 unspecified atom stereocenters. The Morgan fingerprint density at radius 1 is 1.08 bits per heavy atom. The second-order valence-electron chi connectivity index (χ2n) is 5.57. The molecule has 0 aliphatic rings. The van der Waals surface area contributed by atoms with Crippen molar-refractivity contribution in [2.45, 2.75) is 19.4 Å². The Morgan fingerprint density at radius 3 is 2.25 bits per heavy atom. The molecule has 24 heavy (non-hydrogen) atoms. The number of hydrogen-bond acceptors (Lipinski definition) is 4. The van der Waals surface area contributed by atoms with Crippen molar-refractivity contribution < 1.29 is 14.3 Å². The Balaban J connectivity index is 2.12. The summed E-state index contributed by atoms with van der Waals surface area (Å²) < 4.78 is 5.30. The van der Waals surface area contributed by atoms with E-state index in [1.807, 2.05) is 25.2 Å². The van der Waals surface area contributed by atoms with Crippen LogP contribution in [-0.2, 0) is 9.53 Å². The first-order valence-electron chi connectivity index (χ1n) is 7.89. The Morgan fingerprint density at radius 2 is 1.71 bits per heavy atom. The first-order valence-corrected chi connectivity index (χ1v) is 7.89. The smallest absolute Gasteiger partial charge is 0.339 e. The van der Waals surface area contributed by atoms with Gasteiger partial charge in [-0.25, -0.2) is 4.79 Å². The third-order valence-corrected chi connectivity index (χ3v) is 3.69. The average Bonchev–Trinajstić information content (AvgIpc) is 2.60. The molecular formula is C19H22N2O3. The number of benzene rings is 2. The number of primary amides is 1. The zero-order valence-corrected chi connectivity index (χ0v) is 13.9. The summed E-state index contributed by atoms with van der Waals surface area (Å²) in [6.07, 6.45) is -0.0568. The third-order valence-electron chi connectivity index (χ3n) is 3.69. The second-order valence-corrected chi connectivity index (χ2v) is 5.57. The minimum absolute atomic E-state index is 0.380. The maximum atomic E-state index is 12.3. The molecular weight excluding hydrogens is 304 g/mol. The molecule has 0 spiro atoms. The number of carbonyl (C=O) groups is 2. The van der Waals surface area contributed by atoms with Crippen molar-refractivity contribution in [2.24, 2.45) is 5.73 Å². The van der Waals surface area contributed by atoms with E-state index in [0.717, 1.165) is 18.7 Å². The molecule has 1 amide bonds. The van der Waals surface area contributed by atoms with Crippen molar-refractivity contribution in [1.29, 1.82) is 0 Å². The summed E-state index contributed by atoms with van der Waals surface area (Å²) in [5.74, 6) is -1.28. The molecule has 0 aliphatic heterocycles. The monoisotopic (exact) mass is 326 g/mol. The molecule has 0 heterocycles. The van der Waals surface area contributed by atoms with E-state index < -0.39 is 18.0 Å². The van der Waals surface area contributed by atoms with Crippen molar-refractivity contribution in [1.82, 2.24) is 0 Å². The van der Waals surface area contributed by atoms with Gasteiger partial charge in [0.05, 0.1) is 5.56 Å². The fourth-order valence-corrected chi connectivity index (χ4v) is 2.41. The number of esters is 1. The Bertz CT molecular complexity index is 684. The molecule has 1 atom stereocenters. The van der Waals surface area contributed by atoms with Crippen LogP contribution < -0.4 is 10.6 Å². The maximum Gasteiger partial charge on any atom is 0.339 e. The number of hydrogen-bond donors (Lipinski definition) is 1. The fraction of sp³-hybridized carbons (Fsp3) is 0.263. The van der Waals surface area contributed by atoms with Crippen molar-refractivity contribution in [3.05, 3.63) is 65.7 Å². The van der Waals surface area contributed by atoms with E-state index in [1.165, 1.54) is 0 Å². The van der Waals surface area contributed by atoms with Gasteiger partial charge >= 0.3 is 5.97 Å². The van der Waals surface area contributed by atoms with E-state index in [-0.39, 0.29) is 0 Å². The highest BCUT2D eigenvalue weighted by molar-refractivity contribution is 5.92. The van der Waals surface area contributed by atoms with Crippen LogP contribution in [0.3, 0.4) is 0 Å². The Hall–Kier alpha value is -2.82. The number of anilines is 1. The van der Waals surface area contributed by atoms with Gasteiger partial charge in [0.1, 0.15) is 0 Å². The van der Waals surface area contributed by atoms with Gasteiger partial charge in [-0.15, -0.1) is 0 Å². The molecule has 0 radical (unpaired) electrons. The summed E-state index contributed by atoms with van der Waals surface area (Å²) in [7, 11) is 2.00. The van der Waals surface area contributed by atoms with E-state index in [9.17, 15) is 9.59 Å². The van der Waals surface area contributed by atoms with Crippen molar-refractivity contribution in [3.8, 4) is 0 Å². The highest BCUT2D eigenvalue weighted by atomic mass is 16.5. The van der Waals surface area contributed by atoms with Crippen LogP contribution in [0.4, 0.5) is 5.69 Å². The molecule has 5 nitrogen and oxygen atoms in total. The number of carbonyl (C=O) groups excluding carboxylic acids is 2. The van der Waals surface area contributed by atoms with E-state index >= 15 is 0 Å². The van der Waals surface area contributed by atoms with Crippen LogP contribution >= 0.6 is 0 Å². The summed E-state index contributed by atoms with van der Waals surface area (Å²) in [6.45, 7) is 3.04. The van der Waals surface area contributed by atoms with Crippen LogP contribution in [0.5, 0.6) is 0 Å². The largest absolute Gasteiger partial charge is 0.444 e. The molecule has 2 aromatic carbocycles. The summed E-state index contributed by atoms with van der Waals surface area (Å²) in [5, 5.41) is 0. The minimum Gasteiger partial charge on any atom is -0.444 e. The lowest BCUT2D eigenvalue weighted by Crippen LogP contribution is -2.26. The lowest BCUT2D eigenvalue weighted by atomic mass is 10.1. The van der Waals surface area contributed by atoms with Crippen molar-refractivity contribution >= 4 is 17.6 Å². The van der Waals surface area contributed by atoms with Crippen LogP contribution in [0.15, 0.2) is 54.6 Å². The quantitative estimate of drug-likeness (QED) is 0.794. The number of nitrogens with two attached hydrogens (primary N) is 1. The molecule has 0 aromatic heterocycles. The van der Waals surface area contributed by atoms with Gasteiger partial charge in [0.15, 0.2) is 0 Å². The summed E-state index contributed by atoms with van der Waals surface area (Å²) in [6, 6.07) is 15.8. The maximum absolute atomic E-state index is 12.3. The standard InChI is InChI=1S/C19H22N2O3/c1-3-13-21(2)16-11-9-15(10-12-16)19(23)24-17(18(20)22)14-7-5-4-6-8-14/h4-12,17H,3,13H2,1-2H3,(H2,20,22). The second kappa shape index (κ2) is 8.15. The first kappa shape index (κ1) is 17.5. The van der Waals surface area contributed by atoms with Gasteiger partial charge in [0.2, 0.25) is 6.10 Å². The minimum atomic E-state index is -1.10. The predicted octanol–water partition coefficient (Wildman–Crippen LogP) is 2.92. The molecule has 126 valence electrons. The van der Waals surface area contributed by atoms with Gasteiger partial charge in [0, 0.05) is 24.8 Å². The summed E-state index contributed by atoms with van der Waals surface area (Å²) in [5.41, 5.74) is 7.32. The lowest BCUT2D eigenvalue weighted by molar-refractivity contribution is -0.127. The molecule has 0 aliphatic carbocycles. The normalized spacial score (nSPS) is 11.6. The van der Waals surface area contributed by atoms with E-state index in [2.05, 4.69) is 11.8 Å². The zero-order chi connectivity index (χ0) is 17.5. The molecule has 0 saturated carbocycles. The number of amides is 1. The predicted molar refractivity (Wildman–Crippen MR) is 93.8 cm³/mol. The van der Waals surface area contributed by atoms with Gasteiger partial charge in [-0.1, -0.05) is 37.3 Å². The van der Waals surface area contributed by atoms with Crippen LogP contribution in [0.25, 0.3) is 0 Å². The van der Waals surface area contributed by atoms with Crippen LogP contribution in [0, 0.1) is 0 Å². The molecule has 2 aromatic rings. The fourth-order valence-electron chi connectivity index (χ4n) is 2.41. The molecule has 2 rings (SSSR count). The molecule has 0 bridgehead atoms. The van der Waals surface area contributed by atoms with E-state index in [1.54, 1.807) is 36.4 Å². The van der Waals surface area contributed by atoms with Crippen LogP contribution in [-0.4, -0.2) is 25.5 Å². The Kier molecular flexibility index (Phi) is 5.95. The van der Waals surface area contributed by atoms with Gasteiger partial charge in [-0.05, 0) is 30.7 Å². The average molecular weight is 326 g/mol. The van der Waals surface area contributed by atoms with Crippen molar-refractivity contribution in [3.63, 3.8) is 0 Å². The SMILES string of the molecule is CCCN(C)c1ccc(C(=O)OC(C(N)=O)c2ccccc2)cc1. The van der Waals surface area contributed by atoms with Crippen LogP contribution in [0.2, 0.25) is 0 Å². The van der Waals surface area contributed by atoms with Gasteiger partial charge < -0.3 is 15.4 Å². The number of ether oxygens (including phenoxy) is 1. The van der Waals surface area contributed by atoms with E-state index in [4.69, 9.17) is 10.5 Å². The van der Waals surface area contributed by atoms with Gasteiger partial charge in [-0.3, -0.25) is 4.79 Å². The molecule has 5 heteroatoms. The lowest BCUT2D eigenvalue weighted by Gasteiger charge is -2.19. The third kappa shape index (κ3) is 4.35. The molecule has 0 fully saturated rings. The molecule has 0 saturated heterocycles. The van der Waals surface area contributed by atoms with Crippen molar-refractivity contribution in [2.75, 3.05) is 18.5 Å². The zero-order valence-electron chi connectivity index (χ0n) is 13.9. The van der Waals surface area contributed by atoms with Gasteiger partial charge in [-0.2, -0.15) is 0 Å². The van der Waals surface area contributed by atoms with E-state index in [0.29, 0.717) is 11.1 Å². The highest BCUT2D eigenvalue weighted by Crippen LogP contribution is 2.20. The van der Waals surface area contributed by atoms with Gasteiger partial charge in [0.25, 0.3) is 5.91 Å². The summed E-state index contributed by atoms with van der Waals surface area (Å²) >= 11 is 0. The number of rotatable bonds is 7. The highest BCUT2D eigenvalue weighted by Gasteiger charge is 2.23. The number of nitrogens with zero attached hydrogens (tertiary/aromatic N) is 1.